The summed E-state index contributed by atoms with van der Waals surface area (Å²) in [6.45, 7) is 2.15. The van der Waals surface area contributed by atoms with Crippen LogP contribution in [0.15, 0.2) is 42.5 Å². The van der Waals surface area contributed by atoms with Gasteiger partial charge in [0.2, 0.25) is 5.91 Å². The van der Waals surface area contributed by atoms with Crippen LogP contribution in [-0.2, 0) is 16.1 Å². The number of anilines is 1. The highest BCUT2D eigenvalue weighted by Crippen LogP contribution is 2.32. The monoisotopic (exact) mass is 344 g/mol. The largest absolute Gasteiger partial charge is 0.482 e. The van der Waals surface area contributed by atoms with E-state index in [1.54, 1.807) is 12.1 Å². The van der Waals surface area contributed by atoms with Gasteiger partial charge < -0.3 is 10.1 Å². The van der Waals surface area contributed by atoms with Gasteiger partial charge in [-0.25, -0.2) is 0 Å². The van der Waals surface area contributed by atoms with Crippen LogP contribution in [0, 0.1) is 6.92 Å². The van der Waals surface area contributed by atoms with Gasteiger partial charge in [-0.3, -0.25) is 14.5 Å². The van der Waals surface area contributed by atoms with Crippen LogP contribution in [0.25, 0.3) is 0 Å². The number of nitrogens with one attached hydrogen (secondary N) is 1. The minimum atomic E-state index is -0.253. The maximum Gasteiger partial charge on any atom is 0.265 e. The Morgan fingerprint density at radius 1 is 1.29 bits per heavy atom. The zero-order valence-corrected chi connectivity index (χ0v) is 14.0. The molecule has 2 amide bonds. The average Bonchev–Trinajstić information content (AvgIpc) is 2.57. The van der Waals surface area contributed by atoms with Crippen LogP contribution in [0.3, 0.4) is 0 Å². The molecule has 0 radical (unpaired) electrons. The molecule has 1 aliphatic heterocycles. The number of halogens is 1. The molecule has 3 rings (SSSR count). The quantitative estimate of drug-likeness (QED) is 0.927. The van der Waals surface area contributed by atoms with Crippen molar-refractivity contribution in [2.24, 2.45) is 0 Å². The Bertz CT molecular complexity index is 792. The number of carbonyl (C=O) groups is 2. The van der Waals surface area contributed by atoms with Crippen LogP contribution in [0.4, 0.5) is 5.69 Å². The molecule has 6 heteroatoms. The minimum Gasteiger partial charge on any atom is -0.482 e. The maximum absolute atomic E-state index is 12.2. The second-order valence-electron chi connectivity index (χ2n) is 5.61. The third-order valence-electron chi connectivity index (χ3n) is 3.79. The van der Waals surface area contributed by atoms with Crippen LogP contribution in [0.1, 0.15) is 11.1 Å². The van der Waals surface area contributed by atoms with E-state index in [1.807, 2.05) is 37.3 Å². The molecule has 0 bridgehead atoms. The van der Waals surface area contributed by atoms with Crippen molar-refractivity contribution in [3.8, 4) is 5.75 Å². The van der Waals surface area contributed by atoms with Gasteiger partial charge >= 0.3 is 0 Å². The predicted molar refractivity (Wildman–Crippen MR) is 92.3 cm³/mol. The number of benzene rings is 2. The maximum atomic E-state index is 12.2. The van der Waals surface area contributed by atoms with Crippen LogP contribution >= 0.6 is 11.6 Å². The first-order chi connectivity index (χ1) is 11.5. The molecule has 0 spiro atoms. The summed E-state index contributed by atoms with van der Waals surface area (Å²) in [5.41, 5.74) is 2.48. The summed E-state index contributed by atoms with van der Waals surface area (Å²) in [6, 6.07) is 12.8. The van der Waals surface area contributed by atoms with Gasteiger partial charge in [0.15, 0.2) is 6.61 Å². The highest BCUT2D eigenvalue weighted by molar-refractivity contribution is 6.31. The van der Waals surface area contributed by atoms with Crippen molar-refractivity contribution in [2.45, 2.75) is 13.5 Å². The zero-order valence-electron chi connectivity index (χ0n) is 13.2. The summed E-state index contributed by atoms with van der Waals surface area (Å²) < 4.78 is 5.43. The SMILES string of the molecule is Cc1ccc2c(c1)OCC(=O)N2CC(=O)NCc1ccccc1Cl. The molecule has 2 aromatic rings. The second-order valence-corrected chi connectivity index (χ2v) is 6.02. The van der Waals surface area contributed by atoms with Crippen molar-refractivity contribution in [1.82, 2.24) is 5.32 Å². The Labute approximate surface area is 145 Å². The summed E-state index contributed by atoms with van der Waals surface area (Å²) in [5, 5.41) is 3.39. The van der Waals surface area contributed by atoms with E-state index in [4.69, 9.17) is 16.3 Å². The highest BCUT2D eigenvalue weighted by Gasteiger charge is 2.27. The predicted octanol–water partition coefficient (Wildman–Crippen LogP) is 2.69. The van der Waals surface area contributed by atoms with E-state index in [1.165, 1.54) is 4.90 Å². The Kier molecular flexibility index (Phi) is 4.71. The van der Waals surface area contributed by atoms with Crippen LogP contribution in [-0.4, -0.2) is 25.0 Å². The zero-order chi connectivity index (χ0) is 17.1. The van der Waals surface area contributed by atoms with E-state index < -0.39 is 0 Å². The molecular weight excluding hydrogens is 328 g/mol. The molecule has 1 aliphatic rings. The number of hydrogen-bond acceptors (Lipinski definition) is 3. The van der Waals surface area contributed by atoms with Crippen molar-refractivity contribution < 1.29 is 14.3 Å². The van der Waals surface area contributed by atoms with E-state index in [2.05, 4.69) is 5.32 Å². The number of hydrogen-bond donors (Lipinski definition) is 1. The third-order valence-corrected chi connectivity index (χ3v) is 4.16. The molecule has 1 N–H and O–H groups in total. The molecule has 0 saturated carbocycles. The third kappa shape index (κ3) is 3.51. The first-order valence-corrected chi connectivity index (χ1v) is 7.96. The van der Waals surface area contributed by atoms with Gasteiger partial charge in [0.25, 0.3) is 5.91 Å². The fourth-order valence-electron chi connectivity index (χ4n) is 2.52. The smallest absolute Gasteiger partial charge is 0.265 e. The second kappa shape index (κ2) is 6.93. The standard InChI is InChI=1S/C18H17ClN2O3/c1-12-6-7-15-16(8-12)24-11-18(23)21(15)10-17(22)20-9-13-4-2-3-5-14(13)19/h2-8H,9-11H2,1H3,(H,20,22). The molecule has 0 aliphatic carbocycles. The van der Waals surface area contributed by atoms with Gasteiger partial charge in [0.05, 0.1) is 5.69 Å². The number of fused-ring (bicyclic) bond motifs is 1. The summed E-state index contributed by atoms with van der Waals surface area (Å²) in [6.07, 6.45) is 0. The summed E-state index contributed by atoms with van der Waals surface area (Å²) in [7, 11) is 0. The van der Waals surface area contributed by atoms with Gasteiger partial charge in [-0.2, -0.15) is 0 Å². The Balaban J connectivity index is 1.68. The van der Waals surface area contributed by atoms with Crippen LogP contribution in [0.5, 0.6) is 5.75 Å². The fraction of sp³-hybridized carbons (Fsp3) is 0.222. The molecule has 0 fully saturated rings. The lowest BCUT2D eigenvalue weighted by molar-refractivity contribution is -0.125. The molecule has 0 saturated heterocycles. The molecular formula is C18H17ClN2O3. The molecule has 1 heterocycles. The van der Waals surface area contributed by atoms with E-state index in [0.29, 0.717) is 23.0 Å². The minimum absolute atomic E-state index is 0.0529. The first-order valence-electron chi connectivity index (χ1n) is 7.58. The number of ether oxygens (including phenoxy) is 1. The van der Waals surface area contributed by atoms with Crippen LogP contribution in [0.2, 0.25) is 5.02 Å². The molecule has 24 heavy (non-hydrogen) atoms. The Morgan fingerprint density at radius 3 is 2.88 bits per heavy atom. The van der Waals surface area contributed by atoms with Gasteiger partial charge in [-0.05, 0) is 36.2 Å². The molecule has 0 aromatic heterocycles. The van der Waals surface area contributed by atoms with E-state index >= 15 is 0 Å². The lowest BCUT2D eigenvalue weighted by Crippen LogP contribution is -2.45. The fourth-order valence-corrected chi connectivity index (χ4v) is 2.72. The van der Waals surface area contributed by atoms with E-state index in [9.17, 15) is 9.59 Å². The average molecular weight is 345 g/mol. The van der Waals surface area contributed by atoms with Gasteiger partial charge in [-0.15, -0.1) is 0 Å². The molecule has 0 unspecified atom stereocenters. The molecule has 124 valence electrons. The summed E-state index contributed by atoms with van der Waals surface area (Å²) >= 11 is 6.07. The number of rotatable bonds is 4. The van der Waals surface area contributed by atoms with E-state index in [-0.39, 0.29) is 25.0 Å². The van der Waals surface area contributed by atoms with Crippen molar-refractivity contribution >= 4 is 29.1 Å². The lowest BCUT2D eigenvalue weighted by Gasteiger charge is -2.29. The first kappa shape index (κ1) is 16.3. The Morgan fingerprint density at radius 2 is 2.08 bits per heavy atom. The van der Waals surface area contributed by atoms with Gasteiger partial charge in [0, 0.05) is 11.6 Å². The molecule has 5 nitrogen and oxygen atoms in total. The number of carbonyl (C=O) groups excluding carboxylic acids is 2. The number of aryl methyl sites for hydroxylation is 1. The van der Waals surface area contributed by atoms with Gasteiger partial charge in [0.1, 0.15) is 12.3 Å². The topological polar surface area (TPSA) is 58.6 Å². The normalized spacial score (nSPS) is 13.2. The van der Waals surface area contributed by atoms with Crippen molar-refractivity contribution in [2.75, 3.05) is 18.1 Å². The Hall–Kier alpha value is -2.53. The van der Waals surface area contributed by atoms with Crippen LogP contribution < -0.4 is 15.0 Å². The summed E-state index contributed by atoms with van der Waals surface area (Å²) in [4.78, 5) is 25.8. The van der Waals surface area contributed by atoms with Crippen molar-refractivity contribution in [3.05, 3.63) is 58.6 Å². The van der Waals surface area contributed by atoms with E-state index in [0.717, 1.165) is 11.1 Å². The van der Waals surface area contributed by atoms with Crippen molar-refractivity contribution in [3.63, 3.8) is 0 Å². The van der Waals surface area contributed by atoms with Gasteiger partial charge in [-0.1, -0.05) is 35.9 Å². The molecule has 2 aromatic carbocycles. The highest BCUT2D eigenvalue weighted by atomic mass is 35.5. The number of nitrogens with zero attached hydrogens (tertiary/aromatic N) is 1. The molecule has 0 atom stereocenters. The lowest BCUT2D eigenvalue weighted by atomic mass is 10.1. The summed E-state index contributed by atoms with van der Waals surface area (Å²) in [5.74, 6) is 0.129. The van der Waals surface area contributed by atoms with Crippen molar-refractivity contribution in [1.29, 1.82) is 0 Å². The number of amides is 2.